The summed E-state index contributed by atoms with van der Waals surface area (Å²) in [5.74, 6) is 2.53. The number of aromatic nitrogens is 3. The first-order valence-corrected chi connectivity index (χ1v) is 10.2. The number of hydrogen-bond acceptors (Lipinski definition) is 4. The number of hydrogen-bond donors (Lipinski definition) is 2. The third kappa shape index (κ3) is 6.32. The highest BCUT2D eigenvalue weighted by Crippen LogP contribution is 2.32. The van der Waals surface area contributed by atoms with Crippen molar-refractivity contribution in [3.63, 3.8) is 0 Å². The summed E-state index contributed by atoms with van der Waals surface area (Å²) in [6.07, 6.45) is 0. The second-order valence-corrected chi connectivity index (χ2v) is 9.28. The molecule has 0 fully saturated rings. The average Bonchev–Trinajstić information content (AvgIpc) is 2.91. The van der Waals surface area contributed by atoms with Crippen LogP contribution in [0.1, 0.15) is 32.4 Å². The normalized spacial score (nSPS) is 12.3. The summed E-state index contributed by atoms with van der Waals surface area (Å²) in [6, 6.07) is 8.40. The summed E-state index contributed by atoms with van der Waals surface area (Å²) >= 11 is 5.32. The lowest BCUT2D eigenvalue weighted by atomic mass is 10.2. The van der Waals surface area contributed by atoms with Crippen molar-refractivity contribution in [2.45, 2.75) is 43.9 Å². The van der Waals surface area contributed by atoms with Crippen molar-refractivity contribution in [1.82, 2.24) is 25.4 Å². The van der Waals surface area contributed by atoms with Crippen LogP contribution in [0.2, 0.25) is 0 Å². The van der Waals surface area contributed by atoms with E-state index < -0.39 is 0 Å². The molecule has 0 atom stereocenters. The Bertz CT molecular complexity index is 739. The molecule has 0 saturated heterocycles. The maximum absolute atomic E-state index is 4.64. The van der Waals surface area contributed by atoms with Crippen LogP contribution in [0.5, 0.6) is 0 Å². The van der Waals surface area contributed by atoms with Gasteiger partial charge in [-0.3, -0.25) is 0 Å². The summed E-state index contributed by atoms with van der Waals surface area (Å²) in [6.45, 7) is 10.5. The summed E-state index contributed by atoms with van der Waals surface area (Å²) in [4.78, 5) is 5.88. The lowest BCUT2D eigenvalue weighted by Gasteiger charge is -2.25. The number of nitrogens with one attached hydrogen (secondary N) is 2. The Morgan fingerprint density at radius 2 is 1.92 bits per heavy atom. The van der Waals surface area contributed by atoms with Gasteiger partial charge < -0.3 is 15.2 Å². The number of halogens is 1. The number of nitrogens with zero attached hydrogens (tertiary/aromatic N) is 4. The van der Waals surface area contributed by atoms with E-state index in [4.69, 9.17) is 0 Å². The molecule has 8 heteroatoms. The molecule has 142 valence electrons. The van der Waals surface area contributed by atoms with Crippen LogP contribution >= 0.6 is 27.7 Å². The van der Waals surface area contributed by atoms with Crippen molar-refractivity contribution in [3.8, 4) is 0 Å². The van der Waals surface area contributed by atoms with Gasteiger partial charge in [-0.2, -0.15) is 0 Å². The first-order chi connectivity index (χ1) is 12.3. The molecule has 0 saturated carbocycles. The highest BCUT2D eigenvalue weighted by atomic mass is 79.9. The maximum atomic E-state index is 4.64. The van der Waals surface area contributed by atoms with Crippen LogP contribution < -0.4 is 10.6 Å². The van der Waals surface area contributed by atoms with Crippen LogP contribution in [0.4, 0.5) is 0 Å². The van der Waals surface area contributed by atoms with E-state index in [9.17, 15) is 0 Å². The van der Waals surface area contributed by atoms with Crippen LogP contribution in [0.15, 0.2) is 38.6 Å². The summed E-state index contributed by atoms with van der Waals surface area (Å²) in [5, 5.41) is 15.0. The molecule has 2 N–H and O–H groups in total. The molecule has 26 heavy (non-hydrogen) atoms. The van der Waals surface area contributed by atoms with Crippen molar-refractivity contribution in [3.05, 3.63) is 40.4 Å². The van der Waals surface area contributed by atoms with Gasteiger partial charge in [0.25, 0.3) is 0 Å². The number of aryl methyl sites for hydroxylation is 1. The van der Waals surface area contributed by atoms with Crippen LogP contribution in [0, 0.1) is 6.92 Å². The van der Waals surface area contributed by atoms with Crippen LogP contribution in [0.25, 0.3) is 0 Å². The SMILES string of the molecule is CCNC(=NCc1nnc(C)n1C)NCC(C)(C)Sc1ccc(Br)cc1. The fourth-order valence-electron chi connectivity index (χ4n) is 2.23. The Balaban J connectivity index is 1.96. The van der Waals surface area contributed by atoms with E-state index in [1.807, 2.05) is 30.3 Å². The van der Waals surface area contributed by atoms with Gasteiger partial charge in [-0.25, -0.2) is 4.99 Å². The van der Waals surface area contributed by atoms with Crippen LogP contribution in [-0.4, -0.2) is 38.6 Å². The molecule has 0 aliphatic carbocycles. The molecule has 2 aromatic rings. The molecule has 0 bridgehead atoms. The molecule has 0 amide bonds. The number of rotatable bonds is 7. The van der Waals surface area contributed by atoms with E-state index in [0.717, 1.165) is 35.2 Å². The fourth-order valence-corrected chi connectivity index (χ4v) is 3.55. The van der Waals surface area contributed by atoms with Gasteiger partial charge in [0.15, 0.2) is 11.8 Å². The van der Waals surface area contributed by atoms with Gasteiger partial charge in [0, 0.05) is 34.3 Å². The molecular weight excluding hydrogens is 412 g/mol. The van der Waals surface area contributed by atoms with Crippen molar-refractivity contribution < 1.29 is 0 Å². The van der Waals surface area contributed by atoms with Gasteiger partial charge in [-0.15, -0.1) is 22.0 Å². The number of guanidine groups is 1. The van der Waals surface area contributed by atoms with Crippen molar-refractivity contribution >= 4 is 33.7 Å². The molecule has 1 aromatic heterocycles. The zero-order chi connectivity index (χ0) is 19.2. The van der Waals surface area contributed by atoms with Gasteiger partial charge in [-0.05, 0) is 52.0 Å². The predicted octanol–water partition coefficient (Wildman–Crippen LogP) is 3.51. The van der Waals surface area contributed by atoms with Crippen molar-refractivity contribution in [2.24, 2.45) is 12.0 Å². The van der Waals surface area contributed by atoms with Gasteiger partial charge in [-0.1, -0.05) is 15.9 Å². The lowest BCUT2D eigenvalue weighted by molar-refractivity contribution is 0.661. The molecule has 0 aliphatic heterocycles. The lowest BCUT2D eigenvalue weighted by Crippen LogP contribution is -2.43. The zero-order valence-electron chi connectivity index (χ0n) is 16.0. The number of aliphatic imine (C=N–C) groups is 1. The Morgan fingerprint density at radius 1 is 1.23 bits per heavy atom. The van der Waals surface area contributed by atoms with Gasteiger partial charge in [0.2, 0.25) is 0 Å². The van der Waals surface area contributed by atoms with E-state index in [0.29, 0.717) is 6.54 Å². The fraction of sp³-hybridized carbons (Fsp3) is 0.500. The third-order valence-corrected chi connectivity index (χ3v) is 5.53. The summed E-state index contributed by atoms with van der Waals surface area (Å²) < 4.78 is 3.07. The Morgan fingerprint density at radius 3 is 2.50 bits per heavy atom. The molecule has 0 aliphatic rings. The monoisotopic (exact) mass is 438 g/mol. The Labute approximate surface area is 168 Å². The molecule has 6 nitrogen and oxygen atoms in total. The van der Waals surface area contributed by atoms with E-state index in [2.05, 4.69) is 86.8 Å². The molecule has 0 radical (unpaired) electrons. The molecule has 1 aromatic carbocycles. The molecule has 1 heterocycles. The minimum atomic E-state index is 0.0192. The molecular formula is C18H27BrN6S. The topological polar surface area (TPSA) is 67.1 Å². The van der Waals surface area contributed by atoms with Crippen molar-refractivity contribution in [1.29, 1.82) is 0 Å². The van der Waals surface area contributed by atoms with Gasteiger partial charge in [0.05, 0.1) is 0 Å². The molecule has 2 rings (SSSR count). The zero-order valence-corrected chi connectivity index (χ0v) is 18.4. The predicted molar refractivity (Wildman–Crippen MR) is 113 cm³/mol. The highest BCUT2D eigenvalue weighted by molar-refractivity contribution is 9.10. The van der Waals surface area contributed by atoms with Crippen LogP contribution in [0.3, 0.4) is 0 Å². The second-order valence-electron chi connectivity index (χ2n) is 6.59. The van der Waals surface area contributed by atoms with Gasteiger partial charge >= 0.3 is 0 Å². The Kier molecular flexibility index (Phi) is 7.52. The molecule has 0 unspecified atom stereocenters. The summed E-state index contributed by atoms with van der Waals surface area (Å²) in [7, 11) is 1.96. The first kappa shape index (κ1) is 20.8. The minimum Gasteiger partial charge on any atom is -0.357 e. The second kappa shape index (κ2) is 9.41. The maximum Gasteiger partial charge on any atom is 0.191 e. The van der Waals surface area contributed by atoms with Crippen LogP contribution in [-0.2, 0) is 13.6 Å². The van der Waals surface area contributed by atoms with E-state index >= 15 is 0 Å². The van der Waals surface area contributed by atoms with Gasteiger partial charge in [0.1, 0.15) is 12.4 Å². The quantitative estimate of drug-likeness (QED) is 0.393. The number of benzene rings is 1. The van der Waals surface area contributed by atoms with E-state index in [-0.39, 0.29) is 4.75 Å². The Hall–Kier alpha value is -1.54. The third-order valence-electron chi connectivity index (χ3n) is 3.79. The standard InChI is InChI=1S/C18H27BrN6S/c1-6-20-17(21-11-16-24-23-13(2)25(16)5)22-12-18(3,4)26-15-9-7-14(19)8-10-15/h7-10H,6,11-12H2,1-5H3,(H2,20,21,22). The van der Waals surface area contributed by atoms with E-state index in [1.165, 1.54) is 4.90 Å². The highest BCUT2D eigenvalue weighted by Gasteiger charge is 2.20. The first-order valence-electron chi connectivity index (χ1n) is 8.62. The largest absolute Gasteiger partial charge is 0.357 e. The van der Waals surface area contributed by atoms with Crippen molar-refractivity contribution in [2.75, 3.05) is 13.1 Å². The summed E-state index contributed by atoms with van der Waals surface area (Å²) in [5.41, 5.74) is 0. The average molecular weight is 439 g/mol. The smallest absolute Gasteiger partial charge is 0.191 e. The van der Waals surface area contributed by atoms with E-state index in [1.54, 1.807) is 0 Å². The number of thioether (sulfide) groups is 1. The minimum absolute atomic E-state index is 0.0192. The molecule has 0 spiro atoms.